The van der Waals surface area contributed by atoms with Crippen LogP contribution in [0.2, 0.25) is 0 Å². The van der Waals surface area contributed by atoms with Crippen LogP contribution in [-0.4, -0.2) is 36.5 Å². The van der Waals surface area contributed by atoms with Gasteiger partial charge in [0.15, 0.2) is 0 Å². The summed E-state index contributed by atoms with van der Waals surface area (Å²) in [5.41, 5.74) is 5.32. The maximum atomic E-state index is 11.7. The zero-order chi connectivity index (χ0) is 12.7. The smallest absolute Gasteiger partial charge is 0.211 e. The first-order valence-electron chi connectivity index (χ1n) is 5.71. The highest BCUT2D eigenvalue weighted by Crippen LogP contribution is 1.97. The first-order valence-corrected chi connectivity index (χ1v) is 7.36. The molecule has 1 aromatic heterocycles. The van der Waals surface area contributed by atoms with Crippen LogP contribution in [-0.2, 0) is 16.6 Å². The van der Waals surface area contributed by atoms with Gasteiger partial charge in [-0.1, -0.05) is 0 Å². The normalized spacial score (nSPS) is 13.8. The van der Waals surface area contributed by atoms with Gasteiger partial charge in [-0.2, -0.15) is 5.10 Å². The van der Waals surface area contributed by atoms with Gasteiger partial charge in [0.25, 0.3) is 0 Å². The summed E-state index contributed by atoms with van der Waals surface area (Å²) in [6.07, 6.45) is 4.80. The largest absolute Gasteiger partial charge is 0.330 e. The molecule has 0 aromatic carbocycles. The zero-order valence-electron chi connectivity index (χ0n) is 10.0. The number of nitrogens with one attached hydrogen (secondary N) is 1. The molecule has 1 unspecified atom stereocenters. The van der Waals surface area contributed by atoms with Crippen molar-refractivity contribution >= 4 is 10.0 Å². The number of unbranched alkanes of at least 4 members (excludes halogenated alkanes) is 1. The Morgan fingerprint density at radius 1 is 1.47 bits per heavy atom. The van der Waals surface area contributed by atoms with Crippen molar-refractivity contribution in [3.05, 3.63) is 18.5 Å². The molecular formula is C10H20N4O2S. The lowest BCUT2D eigenvalue weighted by Crippen LogP contribution is -2.37. The summed E-state index contributed by atoms with van der Waals surface area (Å²) in [4.78, 5) is 0. The molecule has 1 rings (SSSR count). The fraction of sp³-hybridized carbons (Fsp3) is 0.700. The molecule has 98 valence electrons. The Bertz CT molecular complexity index is 402. The van der Waals surface area contributed by atoms with E-state index >= 15 is 0 Å². The van der Waals surface area contributed by atoms with Crippen molar-refractivity contribution in [3.8, 4) is 0 Å². The van der Waals surface area contributed by atoms with E-state index in [0.717, 1.165) is 6.42 Å². The van der Waals surface area contributed by atoms with Gasteiger partial charge >= 0.3 is 0 Å². The summed E-state index contributed by atoms with van der Waals surface area (Å²) in [6.45, 7) is 2.88. The molecule has 1 aromatic rings. The van der Waals surface area contributed by atoms with E-state index in [0.29, 0.717) is 19.5 Å². The van der Waals surface area contributed by atoms with Crippen LogP contribution in [0.5, 0.6) is 0 Å². The Balaban J connectivity index is 2.36. The highest BCUT2D eigenvalue weighted by molar-refractivity contribution is 7.89. The van der Waals surface area contributed by atoms with Crippen molar-refractivity contribution in [2.75, 3.05) is 12.3 Å². The van der Waals surface area contributed by atoms with E-state index in [9.17, 15) is 8.42 Å². The van der Waals surface area contributed by atoms with Crippen LogP contribution in [0.4, 0.5) is 0 Å². The van der Waals surface area contributed by atoms with Gasteiger partial charge in [0.1, 0.15) is 0 Å². The van der Waals surface area contributed by atoms with Crippen molar-refractivity contribution in [2.45, 2.75) is 32.4 Å². The van der Waals surface area contributed by atoms with E-state index in [2.05, 4.69) is 9.82 Å². The Kier molecular flexibility index (Phi) is 5.60. The quantitative estimate of drug-likeness (QED) is 0.640. The SMILES string of the molecule is CC(Cn1cccn1)NS(=O)(=O)CCCCN. The third-order valence-electron chi connectivity index (χ3n) is 2.27. The van der Waals surface area contributed by atoms with Gasteiger partial charge < -0.3 is 5.73 Å². The lowest BCUT2D eigenvalue weighted by Gasteiger charge is -2.14. The molecule has 1 atom stereocenters. The molecule has 0 saturated heterocycles. The molecule has 0 bridgehead atoms. The number of hydrogen-bond acceptors (Lipinski definition) is 4. The van der Waals surface area contributed by atoms with Gasteiger partial charge in [-0.15, -0.1) is 0 Å². The maximum absolute atomic E-state index is 11.7. The van der Waals surface area contributed by atoms with Crippen LogP contribution < -0.4 is 10.5 Å². The van der Waals surface area contributed by atoms with Crippen LogP contribution in [0.3, 0.4) is 0 Å². The molecule has 6 nitrogen and oxygen atoms in total. The van der Waals surface area contributed by atoms with Crippen LogP contribution in [0.1, 0.15) is 19.8 Å². The van der Waals surface area contributed by atoms with E-state index in [1.54, 1.807) is 17.1 Å². The molecule has 17 heavy (non-hydrogen) atoms. The summed E-state index contributed by atoms with van der Waals surface area (Å²) in [7, 11) is -3.20. The molecule has 0 amide bonds. The molecule has 0 aliphatic heterocycles. The van der Waals surface area contributed by atoms with Crippen LogP contribution in [0, 0.1) is 0 Å². The fourth-order valence-electron chi connectivity index (χ4n) is 1.53. The van der Waals surface area contributed by atoms with Crippen molar-refractivity contribution in [3.63, 3.8) is 0 Å². The summed E-state index contributed by atoms with van der Waals surface area (Å²) in [5, 5.41) is 4.03. The Labute approximate surface area is 102 Å². The summed E-state index contributed by atoms with van der Waals surface area (Å²) < 4.78 is 27.7. The number of sulfonamides is 1. The molecule has 0 fully saturated rings. The van der Waals surface area contributed by atoms with Gasteiger partial charge in [0.2, 0.25) is 10.0 Å². The average molecular weight is 260 g/mol. The Hall–Kier alpha value is -0.920. The van der Waals surface area contributed by atoms with Gasteiger partial charge in [-0.3, -0.25) is 4.68 Å². The monoisotopic (exact) mass is 260 g/mol. The van der Waals surface area contributed by atoms with E-state index < -0.39 is 10.0 Å². The van der Waals surface area contributed by atoms with E-state index in [-0.39, 0.29) is 11.8 Å². The van der Waals surface area contributed by atoms with Crippen LogP contribution >= 0.6 is 0 Å². The number of hydrogen-bond donors (Lipinski definition) is 2. The highest BCUT2D eigenvalue weighted by Gasteiger charge is 2.14. The summed E-state index contributed by atoms with van der Waals surface area (Å²) in [5.74, 6) is 0.133. The number of nitrogens with two attached hydrogens (primary N) is 1. The predicted octanol–water partition coefficient (Wildman–Crippen LogP) is -0.0701. The van der Waals surface area contributed by atoms with Crippen molar-refractivity contribution < 1.29 is 8.42 Å². The summed E-state index contributed by atoms with van der Waals surface area (Å²) in [6, 6.07) is 1.64. The molecule has 0 saturated carbocycles. The molecule has 0 aliphatic carbocycles. The second kappa shape index (κ2) is 6.73. The average Bonchev–Trinajstić information content (AvgIpc) is 2.69. The lowest BCUT2D eigenvalue weighted by molar-refractivity contribution is 0.493. The predicted molar refractivity (Wildman–Crippen MR) is 66.9 cm³/mol. The molecule has 3 N–H and O–H groups in total. The van der Waals surface area contributed by atoms with Gasteiger partial charge in [-0.05, 0) is 32.4 Å². The Morgan fingerprint density at radius 3 is 2.82 bits per heavy atom. The van der Waals surface area contributed by atoms with E-state index in [1.807, 2.05) is 13.0 Å². The van der Waals surface area contributed by atoms with Crippen LogP contribution in [0.15, 0.2) is 18.5 Å². The minimum absolute atomic E-state index is 0.133. The topological polar surface area (TPSA) is 90.0 Å². The molecular weight excluding hydrogens is 240 g/mol. The zero-order valence-corrected chi connectivity index (χ0v) is 10.9. The van der Waals surface area contributed by atoms with Crippen molar-refractivity contribution in [1.82, 2.24) is 14.5 Å². The minimum Gasteiger partial charge on any atom is -0.330 e. The molecule has 0 radical (unpaired) electrons. The minimum atomic E-state index is -3.20. The summed E-state index contributed by atoms with van der Waals surface area (Å²) >= 11 is 0. The third kappa shape index (κ3) is 5.81. The lowest BCUT2D eigenvalue weighted by atomic mass is 10.3. The molecule has 0 aliphatic rings. The highest BCUT2D eigenvalue weighted by atomic mass is 32.2. The van der Waals surface area contributed by atoms with E-state index in [1.165, 1.54) is 0 Å². The standard InChI is InChI=1S/C10H20N4O2S/c1-10(9-14-7-4-6-12-14)13-17(15,16)8-3-2-5-11/h4,6-7,10,13H,2-3,5,8-9,11H2,1H3. The fourth-order valence-corrected chi connectivity index (χ4v) is 2.92. The number of aromatic nitrogens is 2. The maximum Gasteiger partial charge on any atom is 0.211 e. The van der Waals surface area contributed by atoms with E-state index in [4.69, 9.17) is 5.73 Å². The molecule has 7 heteroatoms. The number of rotatable bonds is 8. The van der Waals surface area contributed by atoms with Crippen molar-refractivity contribution in [2.24, 2.45) is 5.73 Å². The van der Waals surface area contributed by atoms with Crippen molar-refractivity contribution in [1.29, 1.82) is 0 Å². The van der Waals surface area contributed by atoms with Gasteiger partial charge in [0.05, 0.1) is 12.3 Å². The first-order chi connectivity index (χ1) is 8.03. The first kappa shape index (κ1) is 14.1. The molecule has 0 spiro atoms. The van der Waals surface area contributed by atoms with Crippen LogP contribution in [0.25, 0.3) is 0 Å². The van der Waals surface area contributed by atoms with Gasteiger partial charge in [0, 0.05) is 18.4 Å². The third-order valence-corrected chi connectivity index (χ3v) is 3.86. The second-order valence-corrected chi connectivity index (χ2v) is 5.94. The van der Waals surface area contributed by atoms with Gasteiger partial charge in [-0.25, -0.2) is 13.1 Å². The molecule has 1 heterocycles. The number of nitrogens with zero attached hydrogens (tertiary/aromatic N) is 2. The Morgan fingerprint density at radius 2 is 2.24 bits per heavy atom. The second-order valence-electron chi connectivity index (χ2n) is 4.06.